The normalized spacial score (nSPS) is 33.8. The van der Waals surface area contributed by atoms with Crippen LogP contribution in [0.5, 0.6) is 0 Å². The molecule has 2 saturated heterocycles. The van der Waals surface area contributed by atoms with E-state index in [9.17, 15) is 14.4 Å². The first-order chi connectivity index (χ1) is 11.3. The van der Waals surface area contributed by atoms with E-state index in [-0.39, 0.29) is 30.8 Å². The molecule has 2 rings (SSSR count). The molecule has 5 atom stereocenters. The minimum atomic E-state index is -0.553. The predicted molar refractivity (Wildman–Crippen MR) is 90.7 cm³/mol. The second-order valence-corrected chi connectivity index (χ2v) is 7.90. The molecule has 2 amide bonds. The van der Waals surface area contributed by atoms with E-state index >= 15 is 0 Å². The summed E-state index contributed by atoms with van der Waals surface area (Å²) in [6.07, 6.45) is 1.61. The fraction of sp³-hybridized carbons (Fsp3) is 0.824. The number of hydrogen-bond donors (Lipinski definition) is 0. The Morgan fingerprint density at radius 2 is 1.79 bits per heavy atom. The topological polar surface area (TPSA) is 72.9 Å². The van der Waals surface area contributed by atoms with Crippen molar-refractivity contribution in [2.24, 2.45) is 17.8 Å². The van der Waals surface area contributed by atoms with Crippen LogP contribution in [0.2, 0.25) is 0 Å². The zero-order valence-electron chi connectivity index (χ0n) is 14.8. The van der Waals surface area contributed by atoms with Gasteiger partial charge in [-0.05, 0) is 24.2 Å². The van der Waals surface area contributed by atoms with Crippen molar-refractivity contribution in [3.05, 3.63) is 0 Å². The highest BCUT2D eigenvalue weighted by atomic mass is 32.2. The molecule has 0 aromatic carbocycles. The molecule has 2 heterocycles. The fourth-order valence-corrected chi connectivity index (χ4v) is 4.50. The van der Waals surface area contributed by atoms with Crippen molar-refractivity contribution < 1.29 is 24.0 Å². The van der Waals surface area contributed by atoms with Crippen molar-refractivity contribution in [1.82, 2.24) is 5.06 Å². The van der Waals surface area contributed by atoms with Crippen molar-refractivity contribution in [2.75, 3.05) is 5.75 Å². The molecule has 0 spiro atoms. The van der Waals surface area contributed by atoms with Crippen LogP contribution in [0.4, 0.5) is 0 Å². The molecule has 0 aromatic heterocycles. The number of hydrogen-bond acceptors (Lipinski definition) is 6. The Balaban J connectivity index is 1.77. The van der Waals surface area contributed by atoms with Gasteiger partial charge in [0.15, 0.2) is 0 Å². The van der Waals surface area contributed by atoms with E-state index in [0.29, 0.717) is 28.6 Å². The third kappa shape index (κ3) is 4.30. The summed E-state index contributed by atoms with van der Waals surface area (Å²) >= 11 is 1.61. The number of carbonyl (C=O) groups is 3. The van der Waals surface area contributed by atoms with Crippen molar-refractivity contribution in [1.29, 1.82) is 0 Å². The highest BCUT2D eigenvalue weighted by Crippen LogP contribution is 2.40. The summed E-state index contributed by atoms with van der Waals surface area (Å²) in [5, 5.41) is 0.601. The molecule has 136 valence electrons. The standard InChI is InChI=1S/C17H27NO5S/c1-5-13-11(3)10(2)12(4)17(22-13)24-9-8-16(21)23-18-14(19)6-7-15(18)20/h10-13,17H,5-9H2,1-4H3/t10?,11-,12-,13?,17-/m0/s1. The molecule has 2 fully saturated rings. The number of amides is 2. The lowest BCUT2D eigenvalue weighted by Gasteiger charge is -2.43. The van der Waals surface area contributed by atoms with E-state index in [2.05, 4.69) is 27.7 Å². The summed E-state index contributed by atoms with van der Waals surface area (Å²) in [5.74, 6) is 0.597. The average molecular weight is 357 g/mol. The zero-order valence-corrected chi connectivity index (χ0v) is 15.6. The van der Waals surface area contributed by atoms with Gasteiger partial charge in [0.1, 0.15) is 5.44 Å². The van der Waals surface area contributed by atoms with Gasteiger partial charge in [-0.25, -0.2) is 4.79 Å². The Hall–Kier alpha value is -1.08. The summed E-state index contributed by atoms with van der Waals surface area (Å²) in [5.41, 5.74) is 0.0593. The number of nitrogens with zero attached hydrogens (tertiary/aromatic N) is 1. The van der Waals surface area contributed by atoms with E-state index in [1.165, 1.54) is 0 Å². The lowest BCUT2D eigenvalue weighted by atomic mass is 9.79. The maximum atomic E-state index is 11.8. The number of ether oxygens (including phenoxy) is 1. The largest absolute Gasteiger partial charge is 0.364 e. The van der Waals surface area contributed by atoms with Gasteiger partial charge < -0.3 is 9.57 Å². The summed E-state index contributed by atoms with van der Waals surface area (Å²) in [7, 11) is 0. The number of imide groups is 1. The highest BCUT2D eigenvalue weighted by molar-refractivity contribution is 7.99. The third-order valence-corrected chi connectivity index (χ3v) is 6.48. The molecule has 0 radical (unpaired) electrons. The summed E-state index contributed by atoms with van der Waals surface area (Å²) in [4.78, 5) is 39.5. The molecule has 6 nitrogen and oxygen atoms in total. The Morgan fingerprint density at radius 3 is 2.38 bits per heavy atom. The van der Waals surface area contributed by atoms with Gasteiger partial charge >= 0.3 is 5.97 Å². The van der Waals surface area contributed by atoms with Crippen LogP contribution in [-0.4, -0.2) is 40.1 Å². The van der Waals surface area contributed by atoms with Crippen LogP contribution in [0.1, 0.15) is 53.4 Å². The zero-order chi connectivity index (χ0) is 17.9. The monoisotopic (exact) mass is 357 g/mol. The Morgan fingerprint density at radius 1 is 1.17 bits per heavy atom. The van der Waals surface area contributed by atoms with Gasteiger partial charge in [-0.15, -0.1) is 16.8 Å². The van der Waals surface area contributed by atoms with Crippen LogP contribution in [-0.2, 0) is 24.0 Å². The fourth-order valence-electron chi connectivity index (χ4n) is 3.21. The number of thioether (sulfide) groups is 1. The van der Waals surface area contributed by atoms with Gasteiger partial charge in [-0.2, -0.15) is 0 Å². The van der Waals surface area contributed by atoms with E-state index in [0.717, 1.165) is 6.42 Å². The Labute approximate surface area is 147 Å². The number of rotatable bonds is 6. The lowest BCUT2D eigenvalue weighted by molar-refractivity contribution is -0.197. The molecule has 0 N–H and O–H groups in total. The first-order valence-corrected chi connectivity index (χ1v) is 9.73. The molecule has 0 saturated carbocycles. The minimum Gasteiger partial charge on any atom is -0.364 e. The van der Waals surface area contributed by atoms with Gasteiger partial charge in [0.25, 0.3) is 11.8 Å². The molecule has 2 aliphatic heterocycles. The molecular formula is C17H27NO5S. The smallest absolute Gasteiger partial charge is 0.334 e. The molecular weight excluding hydrogens is 330 g/mol. The van der Waals surface area contributed by atoms with Gasteiger partial charge in [-0.3, -0.25) is 9.59 Å². The number of carbonyl (C=O) groups excluding carboxylic acids is 3. The third-order valence-electron chi connectivity index (χ3n) is 5.17. The number of hydroxylamine groups is 2. The molecule has 7 heteroatoms. The predicted octanol–water partition coefficient (Wildman–Crippen LogP) is 2.76. The first kappa shape index (κ1) is 19.2. The summed E-state index contributed by atoms with van der Waals surface area (Å²) in [6.45, 7) is 8.81. The summed E-state index contributed by atoms with van der Waals surface area (Å²) < 4.78 is 6.17. The van der Waals surface area contributed by atoms with Crippen molar-refractivity contribution in [3.63, 3.8) is 0 Å². The molecule has 0 aliphatic carbocycles. The second-order valence-electron chi connectivity index (χ2n) is 6.69. The SMILES string of the molecule is CCC1O[C@@H](SCCC(=O)ON2C(=O)CCC2=O)[C@@H](C)C(C)[C@@H]1C. The molecule has 2 aliphatic rings. The van der Waals surface area contributed by atoms with Crippen LogP contribution < -0.4 is 0 Å². The van der Waals surface area contributed by atoms with Crippen molar-refractivity contribution in [2.45, 2.75) is 64.9 Å². The Kier molecular flexibility index (Phi) is 6.69. The maximum Gasteiger partial charge on any atom is 0.334 e. The van der Waals surface area contributed by atoms with Crippen LogP contribution in [0.15, 0.2) is 0 Å². The van der Waals surface area contributed by atoms with Gasteiger partial charge in [-0.1, -0.05) is 27.7 Å². The quantitative estimate of drug-likeness (QED) is 0.681. The lowest BCUT2D eigenvalue weighted by Crippen LogP contribution is -2.43. The maximum absolute atomic E-state index is 11.8. The molecule has 0 aromatic rings. The van der Waals surface area contributed by atoms with E-state index in [4.69, 9.17) is 9.57 Å². The van der Waals surface area contributed by atoms with Gasteiger partial charge in [0.2, 0.25) is 0 Å². The van der Waals surface area contributed by atoms with Crippen LogP contribution in [0.3, 0.4) is 0 Å². The van der Waals surface area contributed by atoms with Crippen molar-refractivity contribution >= 4 is 29.5 Å². The van der Waals surface area contributed by atoms with E-state index in [1.54, 1.807) is 11.8 Å². The summed E-state index contributed by atoms with van der Waals surface area (Å²) in [6, 6.07) is 0. The van der Waals surface area contributed by atoms with Crippen LogP contribution in [0, 0.1) is 17.8 Å². The second kappa shape index (κ2) is 8.34. The van der Waals surface area contributed by atoms with E-state index < -0.39 is 17.8 Å². The van der Waals surface area contributed by atoms with Gasteiger partial charge in [0, 0.05) is 18.6 Å². The van der Waals surface area contributed by atoms with Crippen LogP contribution >= 0.6 is 11.8 Å². The molecule has 24 heavy (non-hydrogen) atoms. The highest BCUT2D eigenvalue weighted by Gasteiger charge is 2.38. The van der Waals surface area contributed by atoms with Crippen molar-refractivity contribution in [3.8, 4) is 0 Å². The molecule has 0 bridgehead atoms. The van der Waals surface area contributed by atoms with E-state index in [1.807, 2.05) is 0 Å². The average Bonchev–Trinajstić information content (AvgIpc) is 2.86. The minimum absolute atomic E-state index is 0.0593. The van der Waals surface area contributed by atoms with Crippen LogP contribution in [0.25, 0.3) is 0 Å². The Bertz CT molecular complexity index is 479. The molecule has 2 unspecified atom stereocenters. The van der Waals surface area contributed by atoms with Gasteiger partial charge in [0.05, 0.1) is 12.5 Å². The first-order valence-electron chi connectivity index (χ1n) is 8.68.